The molecular weight excluding hydrogens is 408 g/mol. The van der Waals surface area contributed by atoms with Gasteiger partial charge in [0.1, 0.15) is 0 Å². The Morgan fingerprint density at radius 3 is 2.58 bits per heavy atom. The van der Waals surface area contributed by atoms with Crippen LogP contribution in [-0.4, -0.2) is 33.7 Å². The lowest BCUT2D eigenvalue weighted by Gasteiger charge is -2.11. The average molecular weight is 437 g/mol. The number of rotatable bonds is 10. The molecule has 0 saturated carbocycles. The van der Waals surface area contributed by atoms with Gasteiger partial charge in [-0.15, -0.1) is 0 Å². The van der Waals surface area contributed by atoms with Crippen molar-refractivity contribution in [3.63, 3.8) is 0 Å². The number of aryl methyl sites for hydroxylation is 1. The first-order valence-corrected chi connectivity index (χ1v) is 11.5. The highest BCUT2D eigenvalue weighted by Crippen LogP contribution is 2.22. The van der Waals surface area contributed by atoms with E-state index >= 15 is 0 Å². The highest BCUT2D eigenvalue weighted by Gasteiger charge is 2.11. The summed E-state index contributed by atoms with van der Waals surface area (Å²) in [4.78, 5) is 29.0. The lowest BCUT2D eigenvalue weighted by atomic mass is 10.1. The van der Waals surface area contributed by atoms with E-state index < -0.39 is 0 Å². The van der Waals surface area contributed by atoms with Crippen molar-refractivity contribution in [1.29, 1.82) is 0 Å². The Morgan fingerprint density at radius 2 is 1.84 bits per heavy atom. The first kappa shape index (κ1) is 22.6. The van der Waals surface area contributed by atoms with Crippen LogP contribution in [0.4, 0.5) is 5.69 Å². The number of benzene rings is 2. The smallest absolute Gasteiger partial charge is 0.251 e. The normalized spacial score (nSPS) is 10.6. The largest absolute Gasteiger partial charge is 0.352 e. The van der Waals surface area contributed by atoms with Crippen LogP contribution in [0.1, 0.15) is 42.6 Å². The molecule has 2 N–H and O–H groups in total. The topological polar surface area (TPSA) is 76.0 Å². The molecule has 7 heteroatoms. The van der Waals surface area contributed by atoms with Gasteiger partial charge in [0.25, 0.3) is 5.91 Å². The number of nitrogens with zero attached hydrogens (tertiary/aromatic N) is 2. The molecule has 0 fully saturated rings. The van der Waals surface area contributed by atoms with Crippen molar-refractivity contribution in [3.8, 4) is 5.69 Å². The van der Waals surface area contributed by atoms with Crippen molar-refractivity contribution in [2.24, 2.45) is 0 Å². The zero-order valence-electron chi connectivity index (χ0n) is 17.9. The molecule has 1 heterocycles. The van der Waals surface area contributed by atoms with E-state index in [1.54, 1.807) is 18.3 Å². The molecule has 162 valence electrons. The molecular formula is C24H28N4O2S. The van der Waals surface area contributed by atoms with Crippen LogP contribution in [0.15, 0.2) is 66.1 Å². The standard InChI is InChI=1S/C24H28N4O2S/c1-3-5-14-25-23(30)19-10-12-20(13-11-19)28-16-15-26-24(28)31-17-22(29)27-21-9-7-6-8-18(21)4-2/h6-13,15-16H,3-5,14,17H2,1-2H3,(H,25,30)(H,27,29). The van der Waals surface area contributed by atoms with Crippen LogP contribution in [0.5, 0.6) is 0 Å². The predicted octanol–water partition coefficient (Wildman–Crippen LogP) is 4.70. The maximum Gasteiger partial charge on any atom is 0.251 e. The highest BCUT2D eigenvalue weighted by molar-refractivity contribution is 7.99. The number of aromatic nitrogens is 2. The van der Waals surface area contributed by atoms with Crippen LogP contribution in [-0.2, 0) is 11.2 Å². The summed E-state index contributed by atoms with van der Waals surface area (Å²) in [7, 11) is 0. The van der Waals surface area contributed by atoms with Gasteiger partial charge in [-0.3, -0.25) is 14.2 Å². The van der Waals surface area contributed by atoms with E-state index in [1.165, 1.54) is 11.8 Å². The number of carbonyl (C=O) groups is 2. The second kappa shape index (κ2) is 11.4. The highest BCUT2D eigenvalue weighted by atomic mass is 32.2. The van der Waals surface area contributed by atoms with Gasteiger partial charge in [-0.25, -0.2) is 4.98 Å². The van der Waals surface area contributed by atoms with Gasteiger partial charge in [0.2, 0.25) is 5.91 Å². The van der Waals surface area contributed by atoms with Crippen molar-refractivity contribution in [2.45, 2.75) is 38.3 Å². The molecule has 31 heavy (non-hydrogen) atoms. The lowest BCUT2D eigenvalue weighted by molar-refractivity contribution is -0.113. The van der Waals surface area contributed by atoms with E-state index in [-0.39, 0.29) is 17.6 Å². The number of amides is 2. The van der Waals surface area contributed by atoms with Gasteiger partial charge in [0, 0.05) is 35.9 Å². The van der Waals surface area contributed by atoms with E-state index in [2.05, 4.69) is 29.5 Å². The second-order valence-electron chi connectivity index (χ2n) is 7.08. The fourth-order valence-corrected chi connectivity index (χ4v) is 3.89. The molecule has 3 aromatic rings. The minimum Gasteiger partial charge on any atom is -0.352 e. The molecule has 0 aliphatic heterocycles. The van der Waals surface area contributed by atoms with Crippen molar-refractivity contribution < 1.29 is 9.59 Å². The molecule has 2 amide bonds. The molecule has 0 bridgehead atoms. The Hall–Kier alpha value is -3.06. The van der Waals surface area contributed by atoms with E-state index in [0.29, 0.717) is 12.1 Å². The summed E-state index contributed by atoms with van der Waals surface area (Å²) >= 11 is 1.37. The monoisotopic (exact) mass is 436 g/mol. The molecule has 3 rings (SSSR count). The van der Waals surface area contributed by atoms with E-state index in [4.69, 9.17) is 0 Å². The SMILES string of the molecule is CCCCNC(=O)c1ccc(-n2ccnc2SCC(=O)Nc2ccccc2CC)cc1. The summed E-state index contributed by atoms with van der Waals surface area (Å²) in [6, 6.07) is 15.2. The van der Waals surface area contributed by atoms with Crippen molar-refractivity contribution in [2.75, 3.05) is 17.6 Å². The molecule has 0 aliphatic carbocycles. The zero-order chi connectivity index (χ0) is 22.1. The number of anilines is 1. The number of thioether (sulfide) groups is 1. The molecule has 1 aromatic heterocycles. The third-order valence-electron chi connectivity index (χ3n) is 4.84. The fourth-order valence-electron chi connectivity index (χ4n) is 3.11. The van der Waals surface area contributed by atoms with Crippen LogP contribution < -0.4 is 10.6 Å². The van der Waals surface area contributed by atoms with Gasteiger partial charge < -0.3 is 10.6 Å². The third-order valence-corrected chi connectivity index (χ3v) is 5.80. The minimum atomic E-state index is -0.0699. The van der Waals surface area contributed by atoms with E-state index in [9.17, 15) is 9.59 Å². The van der Waals surface area contributed by atoms with Crippen LogP contribution in [0, 0.1) is 0 Å². The van der Waals surface area contributed by atoms with E-state index in [1.807, 2.05) is 47.2 Å². The fraction of sp³-hybridized carbons (Fsp3) is 0.292. The summed E-state index contributed by atoms with van der Waals surface area (Å²) in [5.74, 6) is 0.122. The third kappa shape index (κ3) is 6.21. The minimum absolute atomic E-state index is 0.0655. The quantitative estimate of drug-likeness (QED) is 0.357. The first-order chi connectivity index (χ1) is 15.1. The Kier molecular flexibility index (Phi) is 8.29. The van der Waals surface area contributed by atoms with Crippen LogP contribution in [0.2, 0.25) is 0 Å². The number of hydrogen-bond acceptors (Lipinski definition) is 4. The molecule has 0 atom stereocenters. The van der Waals surface area contributed by atoms with Crippen molar-refractivity contribution in [3.05, 3.63) is 72.1 Å². The average Bonchev–Trinajstić information content (AvgIpc) is 3.27. The molecule has 0 radical (unpaired) electrons. The molecule has 6 nitrogen and oxygen atoms in total. The predicted molar refractivity (Wildman–Crippen MR) is 126 cm³/mol. The molecule has 0 saturated heterocycles. The summed E-state index contributed by atoms with van der Waals surface area (Å²) in [5.41, 5.74) is 3.48. The summed E-state index contributed by atoms with van der Waals surface area (Å²) in [5, 5.41) is 6.62. The maximum atomic E-state index is 12.4. The number of hydrogen-bond donors (Lipinski definition) is 2. The van der Waals surface area contributed by atoms with Gasteiger partial charge in [-0.2, -0.15) is 0 Å². The van der Waals surface area contributed by atoms with Crippen molar-refractivity contribution in [1.82, 2.24) is 14.9 Å². The molecule has 0 spiro atoms. The van der Waals surface area contributed by atoms with Gasteiger partial charge in [0.05, 0.1) is 5.75 Å². The van der Waals surface area contributed by atoms with Gasteiger partial charge in [-0.05, 0) is 48.7 Å². The molecule has 2 aromatic carbocycles. The first-order valence-electron chi connectivity index (χ1n) is 10.5. The number of carbonyl (C=O) groups excluding carboxylic acids is 2. The Labute approximate surface area is 187 Å². The van der Waals surface area contributed by atoms with Crippen molar-refractivity contribution >= 4 is 29.3 Å². The van der Waals surface area contributed by atoms with Gasteiger partial charge in [-0.1, -0.05) is 50.2 Å². The lowest BCUT2D eigenvalue weighted by Crippen LogP contribution is -2.24. The molecule has 0 unspecified atom stereocenters. The number of para-hydroxylation sites is 1. The summed E-state index contributed by atoms with van der Waals surface area (Å²) in [6.07, 6.45) is 6.43. The summed E-state index contributed by atoms with van der Waals surface area (Å²) < 4.78 is 1.91. The molecule has 0 aliphatic rings. The summed E-state index contributed by atoms with van der Waals surface area (Å²) in [6.45, 7) is 4.84. The zero-order valence-corrected chi connectivity index (χ0v) is 18.7. The van der Waals surface area contributed by atoms with Crippen LogP contribution in [0.3, 0.4) is 0 Å². The Bertz CT molecular complexity index is 1010. The van der Waals surface area contributed by atoms with Crippen LogP contribution >= 0.6 is 11.8 Å². The van der Waals surface area contributed by atoms with E-state index in [0.717, 1.165) is 41.4 Å². The van der Waals surface area contributed by atoms with Gasteiger partial charge >= 0.3 is 0 Å². The Balaban J connectivity index is 1.60. The number of imidazole rings is 1. The number of nitrogens with one attached hydrogen (secondary N) is 2. The second-order valence-corrected chi connectivity index (χ2v) is 8.03. The number of unbranched alkanes of at least 4 members (excludes halogenated alkanes) is 1. The van der Waals surface area contributed by atoms with Crippen LogP contribution in [0.25, 0.3) is 5.69 Å². The Morgan fingerprint density at radius 1 is 1.06 bits per heavy atom. The maximum absolute atomic E-state index is 12.4. The van der Waals surface area contributed by atoms with Gasteiger partial charge in [0.15, 0.2) is 5.16 Å².